The summed E-state index contributed by atoms with van der Waals surface area (Å²) in [6.07, 6.45) is 0.680. The molecule has 0 bridgehead atoms. The molecular weight excluding hydrogens is 383 g/mol. The molecule has 2 rings (SSSR count). The molecule has 0 saturated carbocycles. The first-order chi connectivity index (χ1) is 10.2. The van der Waals surface area contributed by atoms with E-state index in [2.05, 4.69) is 22.6 Å². The van der Waals surface area contributed by atoms with E-state index < -0.39 is 5.97 Å². The number of aromatic carboxylic acids is 1. The van der Waals surface area contributed by atoms with Crippen LogP contribution in [0.5, 0.6) is 11.5 Å². The molecule has 0 aliphatic heterocycles. The summed E-state index contributed by atoms with van der Waals surface area (Å²) in [5.74, 6) is 0.227. The van der Waals surface area contributed by atoms with Crippen LogP contribution in [-0.4, -0.2) is 24.3 Å². The minimum Gasteiger partial charge on any atom is -0.493 e. The van der Waals surface area contributed by atoms with Crippen molar-refractivity contribution in [3.05, 3.63) is 57.7 Å². The summed E-state index contributed by atoms with van der Waals surface area (Å²) in [4.78, 5) is 11.1. The van der Waals surface area contributed by atoms with Crippen LogP contribution < -0.4 is 9.47 Å². The molecule has 0 heterocycles. The van der Waals surface area contributed by atoms with Crippen molar-refractivity contribution in [2.45, 2.75) is 6.42 Å². The molecule has 21 heavy (non-hydrogen) atoms. The van der Waals surface area contributed by atoms with Gasteiger partial charge < -0.3 is 14.6 Å². The zero-order chi connectivity index (χ0) is 15.1. The van der Waals surface area contributed by atoms with Gasteiger partial charge >= 0.3 is 5.97 Å². The van der Waals surface area contributed by atoms with Crippen molar-refractivity contribution < 1.29 is 19.4 Å². The Morgan fingerprint density at radius 3 is 2.48 bits per heavy atom. The van der Waals surface area contributed by atoms with E-state index in [9.17, 15) is 4.79 Å². The number of rotatable bonds is 7. The highest BCUT2D eigenvalue weighted by molar-refractivity contribution is 14.1. The second-order valence-corrected chi connectivity index (χ2v) is 5.55. The van der Waals surface area contributed by atoms with E-state index in [-0.39, 0.29) is 5.56 Å². The topological polar surface area (TPSA) is 55.8 Å². The number of hydrogen-bond acceptors (Lipinski definition) is 3. The second-order valence-electron chi connectivity index (χ2n) is 4.31. The van der Waals surface area contributed by atoms with Gasteiger partial charge in [-0.3, -0.25) is 0 Å². The van der Waals surface area contributed by atoms with E-state index in [4.69, 9.17) is 14.6 Å². The predicted molar refractivity (Wildman–Crippen MR) is 88.2 cm³/mol. The Kier molecular flexibility index (Phi) is 5.86. The van der Waals surface area contributed by atoms with Gasteiger partial charge in [0.05, 0.1) is 13.2 Å². The molecule has 0 unspecified atom stereocenters. The quantitative estimate of drug-likeness (QED) is 0.569. The lowest BCUT2D eigenvalue weighted by molar-refractivity contribution is 0.0692. The van der Waals surface area contributed by atoms with Crippen LogP contribution in [0.25, 0.3) is 0 Å². The largest absolute Gasteiger partial charge is 0.493 e. The van der Waals surface area contributed by atoms with Crippen LogP contribution in [0, 0.1) is 3.57 Å². The fourth-order valence-electron chi connectivity index (χ4n) is 1.74. The number of carboxylic acids is 1. The van der Waals surface area contributed by atoms with E-state index in [0.29, 0.717) is 25.4 Å². The Morgan fingerprint density at radius 1 is 1.05 bits per heavy atom. The lowest BCUT2D eigenvalue weighted by Crippen LogP contribution is -2.08. The summed E-state index contributed by atoms with van der Waals surface area (Å²) in [6, 6.07) is 14.6. The highest BCUT2D eigenvalue weighted by Gasteiger charge is 2.11. The van der Waals surface area contributed by atoms with Crippen molar-refractivity contribution in [2.24, 2.45) is 0 Å². The summed E-state index contributed by atoms with van der Waals surface area (Å²) >= 11 is 2.07. The van der Waals surface area contributed by atoms with E-state index in [1.165, 1.54) is 0 Å². The Hall–Kier alpha value is -1.76. The van der Waals surface area contributed by atoms with E-state index >= 15 is 0 Å². The predicted octanol–water partition coefficient (Wildman–Crippen LogP) is 3.84. The van der Waals surface area contributed by atoms with Crippen LogP contribution in [0.4, 0.5) is 0 Å². The summed E-state index contributed by atoms with van der Waals surface area (Å²) in [5.41, 5.74) is 0.186. The minimum absolute atomic E-state index is 0.186. The van der Waals surface area contributed by atoms with Crippen molar-refractivity contribution in [3.63, 3.8) is 0 Å². The number of carboxylic acid groups (broad SMARTS) is 1. The second kappa shape index (κ2) is 7.87. The molecule has 0 atom stereocenters. The van der Waals surface area contributed by atoms with Crippen molar-refractivity contribution in [1.29, 1.82) is 0 Å². The summed E-state index contributed by atoms with van der Waals surface area (Å²) in [6.45, 7) is 0.935. The van der Waals surface area contributed by atoms with Crippen molar-refractivity contribution >= 4 is 28.6 Å². The maximum Gasteiger partial charge on any atom is 0.339 e. The molecule has 0 aliphatic carbocycles. The van der Waals surface area contributed by atoms with Gasteiger partial charge in [-0.2, -0.15) is 0 Å². The zero-order valence-corrected chi connectivity index (χ0v) is 13.4. The Balaban J connectivity index is 1.80. The average molecular weight is 398 g/mol. The van der Waals surface area contributed by atoms with Crippen LogP contribution in [0.1, 0.15) is 16.8 Å². The molecule has 0 radical (unpaired) electrons. The molecular formula is C16H15IO4. The number of ether oxygens (including phenoxy) is 2. The third-order valence-corrected chi connectivity index (χ3v) is 3.40. The molecule has 0 aliphatic rings. The Labute approximate surface area is 136 Å². The number of halogens is 1. The molecule has 0 fully saturated rings. The molecule has 0 saturated heterocycles. The summed E-state index contributed by atoms with van der Waals surface area (Å²) in [5, 5.41) is 9.13. The third kappa shape index (κ3) is 4.93. The number of hydrogen-bond donors (Lipinski definition) is 1. The highest BCUT2D eigenvalue weighted by Crippen LogP contribution is 2.21. The standard InChI is InChI=1S/C16H15IO4/c17-12-7-8-15(14(11-12)16(18)19)21-10-4-9-20-13-5-2-1-3-6-13/h1-3,5-8,11H,4,9-10H2,(H,18,19). The molecule has 0 spiro atoms. The van der Waals surface area contributed by atoms with Gasteiger partial charge in [-0.1, -0.05) is 18.2 Å². The Morgan fingerprint density at radius 2 is 1.76 bits per heavy atom. The Bertz CT molecular complexity index is 598. The van der Waals surface area contributed by atoms with Gasteiger partial charge in [-0.15, -0.1) is 0 Å². The highest BCUT2D eigenvalue weighted by atomic mass is 127. The fraction of sp³-hybridized carbons (Fsp3) is 0.188. The van der Waals surface area contributed by atoms with Crippen molar-refractivity contribution in [2.75, 3.05) is 13.2 Å². The molecule has 5 heteroatoms. The third-order valence-electron chi connectivity index (χ3n) is 2.73. The SMILES string of the molecule is O=C(O)c1cc(I)ccc1OCCCOc1ccccc1. The molecule has 4 nitrogen and oxygen atoms in total. The number of carbonyl (C=O) groups is 1. The first-order valence-corrected chi connectivity index (χ1v) is 7.58. The fourth-order valence-corrected chi connectivity index (χ4v) is 2.23. The smallest absolute Gasteiger partial charge is 0.339 e. The van der Waals surface area contributed by atoms with E-state index in [1.807, 2.05) is 36.4 Å². The average Bonchev–Trinajstić information content (AvgIpc) is 2.49. The van der Waals surface area contributed by atoms with Crippen LogP contribution in [0.2, 0.25) is 0 Å². The van der Waals surface area contributed by atoms with Gasteiger partial charge in [0, 0.05) is 9.99 Å². The van der Waals surface area contributed by atoms with E-state index in [1.54, 1.807) is 12.1 Å². The van der Waals surface area contributed by atoms with Gasteiger partial charge in [0.2, 0.25) is 0 Å². The lowest BCUT2D eigenvalue weighted by Gasteiger charge is -2.10. The van der Waals surface area contributed by atoms with Crippen molar-refractivity contribution in [1.82, 2.24) is 0 Å². The van der Waals surface area contributed by atoms with Gasteiger partial charge in [0.25, 0.3) is 0 Å². The molecule has 0 amide bonds. The first-order valence-electron chi connectivity index (χ1n) is 6.50. The van der Waals surface area contributed by atoms with Crippen molar-refractivity contribution in [3.8, 4) is 11.5 Å². The van der Waals surface area contributed by atoms with Gasteiger partial charge in [0.15, 0.2) is 0 Å². The van der Waals surface area contributed by atoms with Gasteiger partial charge in [0.1, 0.15) is 17.1 Å². The first kappa shape index (κ1) is 15.6. The molecule has 2 aromatic rings. The van der Waals surface area contributed by atoms with Gasteiger partial charge in [-0.05, 0) is 52.9 Å². The van der Waals surface area contributed by atoms with E-state index in [0.717, 1.165) is 9.32 Å². The monoisotopic (exact) mass is 398 g/mol. The van der Waals surface area contributed by atoms with Crippen LogP contribution in [0.3, 0.4) is 0 Å². The number of para-hydroxylation sites is 1. The maximum atomic E-state index is 11.1. The summed E-state index contributed by atoms with van der Waals surface area (Å²) in [7, 11) is 0. The minimum atomic E-state index is -0.982. The summed E-state index contributed by atoms with van der Waals surface area (Å²) < 4.78 is 11.9. The maximum absolute atomic E-state index is 11.1. The number of benzene rings is 2. The molecule has 2 aromatic carbocycles. The molecule has 1 N–H and O–H groups in total. The zero-order valence-electron chi connectivity index (χ0n) is 11.3. The van der Waals surface area contributed by atoms with Gasteiger partial charge in [-0.25, -0.2) is 4.79 Å². The molecule has 0 aromatic heterocycles. The normalized spacial score (nSPS) is 10.1. The van der Waals surface area contributed by atoms with Crippen LogP contribution in [-0.2, 0) is 0 Å². The van der Waals surface area contributed by atoms with Crippen LogP contribution >= 0.6 is 22.6 Å². The van der Waals surface area contributed by atoms with Crippen LogP contribution in [0.15, 0.2) is 48.5 Å². The lowest BCUT2D eigenvalue weighted by atomic mass is 10.2. The molecule has 110 valence electrons.